The number of halogens is 1. The summed E-state index contributed by atoms with van der Waals surface area (Å²) < 4.78 is 4.87. The summed E-state index contributed by atoms with van der Waals surface area (Å²) in [6.45, 7) is 0. The van der Waals surface area contributed by atoms with Gasteiger partial charge in [-0.1, -0.05) is 41.9 Å². The van der Waals surface area contributed by atoms with Gasteiger partial charge in [-0.15, -0.1) is 11.3 Å². The fourth-order valence-electron chi connectivity index (χ4n) is 2.66. The zero-order valence-electron chi connectivity index (χ0n) is 15.7. The minimum atomic E-state index is -0.525. The molecule has 154 valence electrons. The van der Waals surface area contributed by atoms with Crippen LogP contribution in [0.5, 0.6) is 0 Å². The maximum Gasteiger partial charge on any atom is 0.340 e. The molecular weight excluding hydrogens is 446 g/mol. The number of ether oxygens (including phenoxy) is 1. The summed E-state index contributed by atoms with van der Waals surface area (Å²) in [6, 6.07) is 15.6. The molecule has 0 spiro atoms. The van der Waals surface area contributed by atoms with Gasteiger partial charge in [-0.05, 0) is 29.9 Å². The van der Waals surface area contributed by atoms with Gasteiger partial charge in [0, 0.05) is 23.4 Å². The topological polar surface area (TPSA) is 93.5 Å². The van der Waals surface area contributed by atoms with Crippen molar-refractivity contribution < 1.29 is 14.5 Å². The number of hydrogen-bond donors (Lipinski definition) is 2. The number of non-ortho nitro benzene ring substituents is 1. The summed E-state index contributed by atoms with van der Waals surface area (Å²) in [7, 11) is 1.31. The lowest BCUT2D eigenvalue weighted by Crippen LogP contribution is -2.20. The van der Waals surface area contributed by atoms with Crippen molar-refractivity contribution in [2.24, 2.45) is 0 Å². The highest BCUT2D eigenvalue weighted by Gasteiger charge is 2.19. The molecule has 1 heterocycles. The summed E-state index contributed by atoms with van der Waals surface area (Å²) in [5, 5.41) is 17.7. The zero-order valence-corrected chi connectivity index (χ0v) is 18.1. The number of thiocarbonyl (C=S) groups is 1. The molecule has 0 bridgehead atoms. The maximum atomic E-state index is 12.2. The second-order valence-corrected chi connectivity index (χ2v) is 8.06. The molecule has 0 atom stereocenters. The Kier molecular flexibility index (Phi) is 6.99. The number of anilines is 2. The highest BCUT2D eigenvalue weighted by Crippen LogP contribution is 2.31. The van der Waals surface area contributed by atoms with Gasteiger partial charge in [-0.3, -0.25) is 10.1 Å². The van der Waals surface area contributed by atoms with Crippen molar-refractivity contribution in [3.63, 3.8) is 0 Å². The van der Waals surface area contributed by atoms with Crippen molar-refractivity contribution in [1.82, 2.24) is 0 Å². The van der Waals surface area contributed by atoms with E-state index < -0.39 is 10.9 Å². The van der Waals surface area contributed by atoms with E-state index in [4.69, 9.17) is 28.6 Å². The van der Waals surface area contributed by atoms with Crippen LogP contribution in [0.25, 0.3) is 0 Å². The number of nitro benzene ring substituents is 1. The van der Waals surface area contributed by atoms with Crippen LogP contribution in [0.2, 0.25) is 5.02 Å². The second kappa shape index (κ2) is 9.66. The lowest BCUT2D eigenvalue weighted by atomic mass is 10.1. The molecule has 0 unspecified atom stereocenters. The molecule has 7 nitrogen and oxygen atoms in total. The molecule has 3 rings (SSSR count). The lowest BCUT2D eigenvalue weighted by Gasteiger charge is -2.11. The number of hydrogen-bond acceptors (Lipinski definition) is 6. The van der Waals surface area contributed by atoms with E-state index in [9.17, 15) is 14.9 Å². The minimum Gasteiger partial charge on any atom is -0.465 e. The van der Waals surface area contributed by atoms with E-state index >= 15 is 0 Å². The first-order chi connectivity index (χ1) is 14.4. The number of thiophene rings is 1. The molecule has 3 aromatic rings. The van der Waals surface area contributed by atoms with Crippen molar-refractivity contribution in [2.75, 3.05) is 17.7 Å². The Hall–Kier alpha value is -3.01. The van der Waals surface area contributed by atoms with E-state index in [0.29, 0.717) is 17.0 Å². The largest absolute Gasteiger partial charge is 0.465 e. The summed E-state index contributed by atoms with van der Waals surface area (Å²) in [6.07, 6.45) is 0.647. The first-order valence-electron chi connectivity index (χ1n) is 8.64. The third-order valence-corrected chi connectivity index (χ3v) is 5.63. The first kappa shape index (κ1) is 21.7. The standard InChI is InChI=1S/C20H16ClN3O4S2/c1-28-19(25)15-11-14(9-12-5-3-2-4-6-12)30-18(15)23-20(29)22-17-10-13(24(26)27)7-8-16(17)21/h2-8,10-11H,9H2,1H3,(H2,22,23,29). The molecule has 1 aromatic heterocycles. The predicted molar refractivity (Wildman–Crippen MR) is 123 cm³/mol. The number of esters is 1. The SMILES string of the molecule is COC(=O)c1cc(Cc2ccccc2)sc1NC(=S)Nc1cc([N+](=O)[O-])ccc1Cl. The summed E-state index contributed by atoms with van der Waals surface area (Å²) >= 11 is 12.8. The monoisotopic (exact) mass is 461 g/mol. The number of nitrogens with zero attached hydrogens (tertiary/aromatic N) is 1. The minimum absolute atomic E-state index is 0.124. The Morgan fingerprint density at radius 1 is 1.20 bits per heavy atom. The summed E-state index contributed by atoms with van der Waals surface area (Å²) in [5.41, 5.74) is 1.61. The van der Waals surface area contributed by atoms with E-state index in [-0.39, 0.29) is 21.5 Å². The fraction of sp³-hybridized carbons (Fsp3) is 0.100. The molecule has 0 amide bonds. The van der Waals surface area contributed by atoms with Gasteiger partial charge in [-0.25, -0.2) is 4.79 Å². The number of nitro groups is 1. The Bertz CT molecular complexity index is 1100. The van der Waals surface area contributed by atoms with Gasteiger partial charge in [0.05, 0.1) is 28.3 Å². The van der Waals surface area contributed by atoms with Crippen LogP contribution in [0, 0.1) is 10.1 Å². The molecule has 30 heavy (non-hydrogen) atoms. The Labute approximate surface area is 186 Å². The first-order valence-corrected chi connectivity index (χ1v) is 10.2. The molecule has 0 aliphatic heterocycles. The van der Waals surface area contributed by atoms with Crippen LogP contribution >= 0.6 is 35.2 Å². The highest BCUT2D eigenvalue weighted by atomic mass is 35.5. The van der Waals surface area contributed by atoms with Crippen LogP contribution in [0.15, 0.2) is 54.6 Å². The maximum absolute atomic E-state index is 12.2. The van der Waals surface area contributed by atoms with E-state index in [2.05, 4.69) is 10.6 Å². The van der Waals surface area contributed by atoms with Crippen LogP contribution in [0.3, 0.4) is 0 Å². The molecular formula is C20H16ClN3O4S2. The lowest BCUT2D eigenvalue weighted by molar-refractivity contribution is -0.384. The number of carbonyl (C=O) groups is 1. The van der Waals surface area contributed by atoms with Crippen molar-refractivity contribution in [2.45, 2.75) is 6.42 Å². The molecule has 0 aliphatic rings. The highest BCUT2D eigenvalue weighted by molar-refractivity contribution is 7.80. The van der Waals surface area contributed by atoms with Gasteiger partial charge in [-0.2, -0.15) is 0 Å². The molecule has 0 fully saturated rings. The van der Waals surface area contributed by atoms with Crippen molar-refractivity contribution >= 4 is 62.6 Å². The van der Waals surface area contributed by atoms with Gasteiger partial charge in [0.2, 0.25) is 0 Å². The molecule has 2 aromatic carbocycles. The third-order valence-electron chi connectivity index (χ3n) is 4.05. The Balaban J connectivity index is 1.81. The molecule has 0 saturated carbocycles. The molecule has 0 aliphatic carbocycles. The molecule has 0 saturated heterocycles. The van der Waals surface area contributed by atoms with Crippen molar-refractivity contribution in [3.05, 3.63) is 85.7 Å². The zero-order chi connectivity index (χ0) is 21.7. The van der Waals surface area contributed by atoms with Gasteiger partial charge >= 0.3 is 5.97 Å². The second-order valence-electron chi connectivity index (χ2n) is 6.11. The van der Waals surface area contributed by atoms with Crippen LogP contribution in [0.1, 0.15) is 20.8 Å². The Morgan fingerprint density at radius 3 is 2.60 bits per heavy atom. The number of nitrogens with one attached hydrogen (secondary N) is 2. The normalized spacial score (nSPS) is 10.3. The van der Waals surface area contributed by atoms with E-state index in [0.717, 1.165) is 10.4 Å². The quantitative estimate of drug-likeness (QED) is 0.217. The van der Waals surface area contributed by atoms with Gasteiger partial charge < -0.3 is 15.4 Å². The number of benzene rings is 2. The predicted octanol–water partition coefficient (Wildman–Crippen LogP) is 5.50. The van der Waals surface area contributed by atoms with E-state index in [1.165, 1.54) is 36.6 Å². The van der Waals surface area contributed by atoms with Crippen LogP contribution in [-0.4, -0.2) is 23.1 Å². The molecule has 10 heteroatoms. The van der Waals surface area contributed by atoms with Gasteiger partial charge in [0.1, 0.15) is 5.00 Å². The fourth-order valence-corrected chi connectivity index (χ4v) is 4.18. The van der Waals surface area contributed by atoms with Crippen LogP contribution < -0.4 is 10.6 Å². The third kappa shape index (κ3) is 5.32. The van der Waals surface area contributed by atoms with Gasteiger partial charge in [0.15, 0.2) is 5.11 Å². The van der Waals surface area contributed by atoms with Crippen LogP contribution in [0.4, 0.5) is 16.4 Å². The van der Waals surface area contributed by atoms with E-state index in [1.54, 1.807) is 6.07 Å². The number of rotatable bonds is 6. The van der Waals surface area contributed by atoms with Crippen molar-refractivity contribution in [3.8, 4) is 0 Å². The van der Waals surface area contributed by atoms with Crippen LogP contribution in [-0.2, 0) is 11.2 Å². The number of carbonyl (C=O) groups excluding carboxylic acids is 1. The smallest absolute Gasteiger partial charge is 0.340 e. The molecule has 2 N–H and O–H groups in total. The van der Waals surface area contributed by atoms with E-state index in [1.807, 2.05) is 30.3 Å². The average molecular weight is 462 g/mol. The van der Waals surface area contributed by atoms with Gasteiger partial charge in [0.25, 0.3) is 5.69 Å². The molecule has 0 radical (unpaired) electrons. The van der Waals surface area contributed by atoms with Crippen molar-refractivity contribution in [1.29, 1.82) is 0 Å². The summed E-state index contributed by atoms with van der Waals surface area (Å²) in [5.74, 6) is -0.496. The summed E-state index contributed by atoms with van der Waals surface area (Å²) in [4.78, 5) is 23.6. The average Bonchev–Trinajstić information content (AvgIpc) is 3.11. The Morgan fingerprint density at radius 2 is 1.93 bits per heavy atom. The number of methoxy groups -OCH3 is 1.